The van der Waals surface area contributed by atoms with Crippen LogP contribution in [0.4, 0.5) is 0 Å². The predicted octanol–water partition coefficient (Wildman–Crippen LogP) is 1.43. The summed E-state index contributed by atoms with van der Waals surface area (Å²) in [5.74, 6) is 1.43. The minimum atomic E-state index is 0.214. The van der Waals surface area contributed by atoms with Crippen molar-refractivity contribution in [3.05, 3.63) is 23.3 Å². The Labute approximate surface area is 87.4 Å². The highest BCUT2D eigenvalue weighted by atomic mass is 15.3. The van der Waals surface area contributed by atoms with Gasteiger partial charge in [-0.2, -0.15) is 14.8 Å². The molecule has 0 aliphatic carbocycles. The minimum absolute atomic E-state index is 0.214. The van der Waals surface area contributed by atoms with Gasteiger partial charge >= 0.3 is 0 Å². The molecule has 2 rings (SSSR count). The maximum Gasteiger partial charge on any atom is 0.252 e. The molecule has 0 unspecified atom stereocenters. The number of aryl methyl sites for hydroxylation is 1. The second kappa shape index (κ2) is 3.31. The third kappa shape index (κ3) is 1.44. The van der Waals surface area contributed by atoms with Gasteiger partial charge in [-0.05, 0) is 12.8 Å². The second-order valence-electron chi connectivity index (χ2n) is 3.69. The molecule has 0 spiro atoms. The van der Waals surface area contributed by atoms with E-state index >= 15 is 0 Å². The highest BCUT2D eigenvalue weighted by molar-refractivity contribution is 5.40. The van der Waals surface area contributed by atoms with Crippen LogP contribution < -0.4 is 0 Å². The monoisotopic (exact) mass is 201 g/mol. The maximum absolute atomic E-state index is 8.98. The quantitative estimate of drug-likeness (QED) is 0.700. The zero-order valence-electron chi connectivity index (χ0n) is 8.89. The molecule has 0 aliphatic heterocycles. The van der Waals surface area contributed by atoms with E-state index in [1.807, 2.05) is 20.8 Å². The molecule has 0 radical (unpaired) electrons. The molecule has 0 bridgehead atoms. The molecule has 0 fully saturated rings. The smallest absolute Gasteiger partial charge is 0.218 e. The molecule has 0 saturated heterocycles. The predicted molar refractivity (Wildman–Crippen MR) is 54.3 cm³/mol. The van der Waals surface area contributed by atoms with E-state index in [0.717, 1.165) is 5.69 Å². The molecule has 2 aromatic rings. The van der Waals surface area contributed by atoms with E-state index in [0.29, 0.717) is 17.2 Å². The van der Waals surface area contributed by atoms with Gasteiger partial charge < -0.3 is 0 Å². The summed E-state index contributed by atoms with van der Waals surface area (Å²) in [5.41, 5.74) is 1.42. The van der Waals surface area contributed by atoms with Gasteiger partial charge in [0.1, 0.15) is 11.9 Å². The van der Waals surface area contributed by atoms with Crippen molar-refractivity contribution in [3.8, 4) is 6.07 Å². The summed E-state index contributed by atoms with van der Waals surface area (Å²) in [6.45, 7) is 5.85. The first-order valence-electron chi connectivity index (χ1n) is 4.76. The van der Waals surface area contributed by atoms with E-state index in [1.165, 1.54) is 0 Å². The number of rotatable bonds is 1. The Morgan fingerprint density at radius 1 is 1.47 bits per heavy atom. The van der Waals surface area contributed by atoms with Crippen molar-refractivity contribution in [2.24, 2.45) is 0 Å². The van der Waals surface area contributed by atoms with Gasteiger partial charge in [0.15, 0.2) is 0 Å². The normalized spacial score (nSPS) is 10.9. The topological polar surface area (TPSA) is 66.9 Å². The zero-order valence-corrected chi connectivity index (χ0v) is 8.89. The van der Waals surface area contributed by atoms with Crippen LogP contribution in [-0.4, -0.2) is 19.6 Å². The van der Waals surface area contributed by atoms with E-state index in [4.69, 9.17) is 5.26 Å². The first-order chi connectivity index (χ1) is 7.13. The third-order valence-electron chi connectivity index (χ3n) is 2.18. The molecule has 5 heteroatoms. The molecular formula is C10H11N5. The molecule has 0 aliphatic rings. The molecule has 15 heavy (non-hydrogen) atoms. The third-order valence-corrected chi connectivity index (χ3v) is 2.18. The van der Waals surface area contributed by atoms with Crippen molar-refractivity contribution in [3.63, 3.8) is 0 Å². The van der Waals surface area contributed by atoms with Crippen LogP contribution in [0.15, 0.2) is 6.20 Å². The Morgan fingerprint density at radius 2 is 2.20 bits per heavy atom. The summed E-state index contributed by atoms with van der Waals surface area (Å²) in [7, 11) is 0. The average molecular weight is 201 g/mol. The fourth-order valence-electron chi connectivity index (χ4n) is 1.59. The molecule has 2 aromatic heterocycles. The SMILES string of the molecule is Cc1nc2ncc(C#N)c(C(C)C)n2n1. The molecule has 5 nitrogen and oxygen atoms in total. The lowest BCUT2D eigenvalue weighted by Gasteiger charge is -2.08. The van der Waals surface area contributed by atoms with Gasteiger partial charge in [-0.3, -0.25) is 0 Å². The summed E-state index contributed by atoms with van der Waals surface area (Å²) < 4.78 is 1.65. The number of hydrogen-bond acceptors (Lipinski definition) is 4. The standard InChI is InChI=1S/C10H11N5/c1-6(2)9-8(4-11)5-12-10-13-7(3)14-15(9)10/h5-6H,1-3H3. The van der Waals surface area contributed by atoms with Gasteiger partial charge in [0.25, 0.3) is 5.78 Å². The Hall–Kier alpha value is -1.96. The van der Waals surface area contributed by atoms with Crippen LogP contribution >= 0.6 is 0 Å². The molecule has 0 N–H and O–H groups in total. The van der Waals surface area contributed by atoms with E-state index in [2.05, 4.69) is 21.1 Å². The summed E-state index contributed by atoms with van der Waals surface area (Å²) >= 11 is 0. The van der Waals surface area contributed by atoms with Crippen molar-refractivity contribution in [1.82, 2.24) is 19.6 Å². The lowest BCUT2D eigenvalue weighted by atomic mass is 10.1. The number of hydrogen-bond donors (Lipinski definition) is 0. The van der Waals surface area contributed by atoms with Crippen molar-refractivity contribution in [1.29, 1.82) is 5.26 Å². The molecular weight excluding hydrogens is 190 g/mol. The van der Waals surface area contributed by atoms with E-state index in [9.17, 15) is 0 Å². The average Bonchev–Trinajstić information content (AvgIpc) is 2.55. The highest BCUT2D eigenvalue weighted by Crippen LogP contribution is 2.18. The Kier molecular flexibility index (Phi) is 2.12. The summed E-state index contributed by atoms with van der Waals surface area (Å²) in [4.78, 5) is 8.25. The molecule has 2 heterocycles. The first kappa shape index (κ1) is 9.59. The van der Waals surface area contributed by atoms with Gasteiger partial charge in [0.05, 0.1) is 17.5 Å². The van der Waals surface area contributed by atoms with Gasteiger partial charge in [-0.15, -0.1) is 5.10 Å². The van der Waals surface area contributed by atoms with Crippen LogP contribution in [0.25, 0.3) is 5.78 Å². The first-order valence-corrected chi connectivity index (χ1v) is 4.76. The van der Waals surface area contributed by atoms with E-state index in [1.54, 1.807) is 10.7 Å². The number of nitriles is 1. The molecule has 0 aromatic carbocycles. The summed E-state index contributed by atoms with van der Waals surface area (Å²) in [5, 5.41) is 13.2. The summed E-state index contributed by atoms with van der Waals surface area (Å²) in [6.07, 6.45) is 1.55. The molecule has 76 valence electrons. The largest absolute Gasteiger partial charge is 0.252 e. The van der Waals surface area contributed by atoms with Crippen LogP contribution in [-0.2, 0) is 0 Å². The van der Waals surface area contributed by atoms with Crippen LogP contribution in [0.3, 0.4) is 0 Å². The van der Waals surface area contributed by atoms with Crippen LogP contribution in [0, 0.1) is 18.3 Å². The Morgan fingerprint density at radius 3 is 2.80 bits per heavy atom. The van der Waals surface area contributed by atoms with Gasteiger partial charge in [-0.25, -0.2) is 4.98 Å². The lowest BCUT2D eigenvalue weighted by Crippen LogP contribution is -2.05. The molecule has 0 atom stereocenters. The van der Waals surface area contributed by atoms with Crippen molar-refractivity contribution >= 4 is 5.78 Å². The number of nitrogens with zero attached hydrogens (tertiary/aromatic N) is 5. The zero-order chi connectivity index (χ0) is 11.0. The van der Waals surface area contributed by atoms with Gasteiger partial charge in [-0.1, -0.05) is 13.8 Å². The summed E-state index contributed by atoms with van der Waals surface area (Å²) in [6, 6.07) is 2.13. The number of aromatic nitrogens is 4. The highest BCUT2D eigenvalue weighted by Gasteiger charge is 2.14. The Bertz CT molecular complexity index is 547. The van der Waals surface area contributed by atoms with Crippen molar-refractivity contribution < 1.29 is 0 Å². The van der Waals surface area contributed by atoms with Gasteiger partial charge in [0, 0.05) is 0 Å². The van der Waals surface area contributed by atoms with Crippen molar-refractivity contribution in [2.45, 2.75) is 26.7 Å². The molecule has 0 saturated carbocycles. The fourth-order valence-corrected chi connectivity index (χ4v) is 1.59. The number of fused-ring (bicyclic) bond motifs is 1. The van der Waals surface area contributed by atoms with E-state index in [-0.39, 0.29) is 5.92 Å². The van der Waals surface area contributed by atoms with Crippen LogP contribution in [0.5, 0.6) is 0 Å². The lowest BCUT2D eigenvalue weighted by molar-refractivity contribution is 0.740. The van der Waals surface area contributed by atoms with Crippen LogP contribution in [0.2, 0.25) is 0 Å². The Balaban J connectivity index is 2.85. The van der Waals surface area contributed by atoms with E-state index < -0.39 is 0 Å². The fraction of sp³-hybridized carbons (Fsp3) is 0.400. The molecule has 0 amide bonds. The second-order valence-corrected chi connectivity index (χ2v) is 3.69. The maximum atomic E-state index is 8.98. The minimum Gasteiger partial charge on any atom is -0.218 e. The van der Waals surface area contributed by atoms with Crippen molar-refractivity contribution in [2.75, 3.05) is 0 Å². The van der Waals surface area contributed by atoms with Gasteiger partial charge in [0.2, 0.25) is 0 Å². The van der Waals surface area contributed by atoms with Crippen LogP contribution in [0.1, 0.15) is 36.8 Å².